The molecule has 5 heterocycles. The first-order chi connectivity index (χ1) is 24.4. The van der Waals surface area contributed by atoms with Crippen molar-refractivity contribution in [3.63, 3.8) is 0 Å². The standard InChI is InChI=1S/C36H50N10O4S2/c1-15(2)23-29-39-27(19(9)45(29)11)33(49)42-24(16(3)4)30-40-28(20(10)46(30)12)34(50)44-26(18(7)8)36-38-22(14-52-36)32(48)43-25(17(5)6)35-37-21(13-51-35)31(47)41-23/h13-18,23-26H,1-12H3,(H,41,47)(H,42,49)(H,43,48)(H,44,50)/t23-,24-,25-,26-/m0/s1. The van der Waals surface area contributed by atoms with Crippen LogP contribution >= 0.6 is 22.7 Å². The maximum Gasteiger partial charge on any atom is 0.272 e. The molecule has 1 aliphatic heterocycles. The Labute approximate surface area is 312 Å². The van der Waals surface area contributed by atoms with Crippen molar-refractivity contribution in [3.05, 3.63) is 66.6 Å². The van der Waals surface area contributed by atoms with E-state index >= 15 is 0 Å². The third kappa shape index (κ3) is 7.54. The Bertz CT molecular complexity index is 1980. The van der Waals surface area contributed by atoms with Gasteiger partial charge in [-0.05, 0) is 37.5 Å². The molecule has 4 aromatic heterocycles. The molecule has 5 rings (SSSR count). The number of hydrogen-bond donors (Lipinski definition) is 4. The fourth-order valence-electron chi connectivity index (χ4n) is 6.19. The zero-order chi connectivity index (χ0) is 38.3. The Morgan fingerprint density at radius 1 is 0.519 bits per heavy atom. The normalized spacial score (nSPS) is 20.6. The van der Waals surface area contributed by atoms with E-state index in [4.69, 9.17) is 9.97 Å². The summed E-state index contributed by atoms with van der Waals surface area (Å²) in [6.07, 6.45) is 0. The molecule has 14 nitrogen and oxygen atoms in total. The molecule has 1 aliphatic rings. The first-order valence-electron chi connectivity index (χ1n) is 17.6. The molecule has 0 saturated heterocycles. The molecule has 0 fully saturated rings. The maximum atomic E-state index is 14.0. The predicted molar refractivity (Wildman–Crippen MR) is 200 cm³/mol. The van der Waals surface area contributed by atoms with Crippen molar-refractivity contribution >= 4 is 46.3 Å². The highest BCUT2D eigenvalue weighted by molar-refractivity contribution is 7.10. The first-order valence-corrected chi connectivity index (χ1v) is 19.4. The molecule has 0 spiro atoms. The number of amides is 4. The van der Waals surface area contributed by atoms with Crippen LogP contribution < -0.4 is 21.3 Å². The molecule has 8 bridgehead atoms. The average Bonchev–Trinajstić information content (AvgIpc) is 3.87. The average molecular weight is 751 g/mol. The minimum Gasteiger partial charge on any atom is -0.341 e. The Morgan fingerprint density at radius 2 is 0.827 bits per heavy atom. The number of imidazole rings is 2. The van der Waals surface area contributed by atoms with E-state index in [0.29, 0.717) is 33.1 Å². The number of thiazole rings is 2. The van der Waals surface area contributed by atoms with E-state index < -0.39 is 30.1 Å². The van der Waals surface area contributed by atoms with Crippen LogP contribution in [0.25, 0.3) is 0 Å². The summed E-state index contributed by atoms with van der Waals surface area (Å²) in [5, 5.41) is 16.9. The quantitative estimate of drug-likeness (QED) is 0.211. The van der Waals surface area contributed by atoms with E-state index in [2.05, 4.69) is 31.2 Å². The SMILES string of the molecule is Cc1c2nc(n1C)[C@H](C(C)C)NC(=O)c1csc(n1)[C@H](C(C)C)NC(=O)c1csc(n1)[C@H](C(C)C)NC(=O)c1nc(n(C)c1C)[C@H](C(C)C)NC2=O. The molecule has 4 aromatic rings. The van der Waals surface area contributed by atoms with Crippen LogP contribution in [0.15, 0.2) is 10.8 Å². The van der Waals surface area contributed by atoms with Crippen LogP contribution in [-0.2, 0) is 14.1 Å². The molecular weight excluding hydrogens is 701 g/mol. The Hall–Kier alpha value is -4.44. The van der Waals surface area contributed by atoms with Crippen LogP contribution in [0.3, 0.4) is 0 Å². The number of rotatable bonds is 4. The van der Waals surface area contributed by atoms with Crippen molar-refractivity contribution in [1.82, 2.24) is 50.3 Å². The summed E-state index contributed by atoms with van der Waals surface area (Å²) in [5.74, 6) is -0.754. The minimum atomic E-state index is -0.553. The van der Waals surface area contributed by atoms with Gasteiger partial charge in [0, 0.05) is 36.2 Å². The highest BCUT2D eigenvalue weighted by Crippen LogP contribution is 2.31. The lowest BCUT2D eigenvalue weighted by molar-refractivity contribution is 0.0910. The summed E-state index contributed by atoms with van der Waals surface area (Å²) in [4.78, 5) is 74.1. The van der Waals surface area contributed by atoms with Gasteiger partial charge in [0.2, 0.25) is 0 Å². The van der Waals surface area contributed by atoms with E-state index in [-0.39, 0.29) is 64.2 Å². The summed E-state index contributed by atoms with van der Waals surface area (Å²) < 4.78 is 3.65. The van der Waals surface area contributed by atoms with Gasteiger partial charge in [0.15, 0.2) is 0 Å². The Balaban J connectivity index is 1.62. The van der Waals surface area contributed by atoms with Crippen LogP contribution in [0.2, 0.25) is 0 Å². The highest BCUT2D eigenvalue weighted by atomic mass is 32.1. The highest BCUT2D eigenvalue weighted by Gasteiger charge is 2.33. The van der Waals surface area contributed by atoms with Gasteiger partial charge in [-0.1, -0.05) is 55.4 Å². The number of aromatic nitrogens is 6. The number of nitrogens with zero attached hydrogens (tertiary/aromatic N) is 6. The van der Waals surface area contributed by atoms with E-state index in [1.165, 1.54) is 22.7 Å². The van der Waals surface area contributed by atoms with E-state index in [1.807, 2.05) is 92.5 Å². The summed E-state index contributed by atoms with van der Waals surface area (Å²) in [5.41, 5.74) is 2.19. The lowest BCUT2D eigenvalue weighted by Crippen LogP contribution is -2.35. The van der Waals surface area contributed by atoms with Crippen LogP contribution in [-0.4, -0.2) is 52.7 Å². The molecule has 0 saturated carbocycles. The number of nitrogens with one attached hydrogen (secondary N) is 4. The fraction of sp³-hybridized carbons (Fsp3) is 0.556. The van der Waals surface area contributed by atoms with Crippen molar-refractivity contribution in [2.75, 3.05) is 0 Å². The van der Waals surface area contributed by atoms with Crippen LogP contribution in [0.1, 0.15) is 155 Å². The molecule has 52 heavy (non-hydrogen) atoms. The lowest BCUT2D eigenvalue weighted by Gasteiger charge is -2.22. The molecule has 0 aromatic carbocycles. The van der Waals surface area contributed by atoms with Crippen molar-refractivity contribution in [2.24, 2.45) is 37.8 Å². The van der Waals surface area contributed by atoms with E-state index in [0.717, 1.165) is 0 Å². The summed E-state index contributed by atoms with van der Waals surface area (Å²) >= 11 is 2.59. The maximum absolute atomic E-state index is 14.0. The predicted octanol–water partition coefficient (Wildman–Crippen LogP) is 5.51. The lowest BCUT2D eigenvalue weighted by atomic mass is 10.0. The monoisotopic (exact) mass is 750 g/mol. The van der Waals surface area contributed by atoms with Gasteiger partial charge in [-0.3, -0.25) is 19.2 Å². The van der Waals surface area contributed by atoms with Crippen molar-refractivity contribution in [2.45, 2.75) is 93.4 Å². The second-order valence-corrected chi connectivity index (χ2v) is 16.6. The van der Waals surface area contributed by atoms with E-state index in [1.54, 1.807) is 10.8 Å². The number of fused-ring (bicyclic) bond motifs is 8. The second-order valence-electron chi connectivity index (χ2n) is 14.8. The number of carbonyl (C=O) groups is 4. The van der Waals surface area contributed by atoms with Gasteiger partial charge < -0.3 is 30.4 Å². The number of hydrogen-bond acceptors (Lipinski definition) is 10. The van der Waals surface area contributed by atoms with Crippen molar-refractivity contribution in [1.29, 1.82) is 0 Å². The van der Waals surface area contributed by atoms with Gasteiger partial charge in [0.25, 0.3) is 23.6 Å². The van der Waals surface area contributed by atoms with Gasteiger partial charge in [0.05, 0.1) is 24.2 Å². The summed E-state index contributed by atoms with van der Waals surface area (Å²) in [7, 11) is 3.64. The molecule has 0 unspecified atom stereocenters. The Morgan fingerprint density at radius 3 is 1.17 bits per heavy atom. The van der Waals surface area contributed by atoms with Crippen LogP contribution in [0.4, 0.5) is 0 Å². The van der Waals surface area contributed by atoms with Gasteiger partial charge >= 0.3 is 0 Å². The molecule has 16 heteroatoms. The first kappa shape index (κ1) is 38.8. The van der Waals surface area contributed by atoms with Gasteiger partial charge in [-0.2, -0.15) is 0 Å². The minimum absolute atomic E-state index is 0.0457. The third-order valence-electron chi connectivity index (χ3n) is 9.67. The van der Waals surface area contributed by atoms with Crippen molar-refractivity contribution < 1.29 is 19.2 Å². The fourth-order valence-corrected chi connectivity index (χ4v) is 8.24. The molecule has 4 atom stereocenters. The van der Waals surface area contributed by atoms with Crippen LogP contribution in [0.5, 0.6) is 0 Å². The Kier molecular flexibility index (Phi) is 11.4. The van der Waals surface area contributed by atoms with E-state index in [9.17, 15) is 19.2 Å². The molecular formula is C36H50N10O4S2. The van der Waals surface area contributed by atoms with Crippen molar-refractivity contribution in [3.8, 4) is 0 Å². The van der Waals surface area contributed by atoms with Gasteiger partial charge in [0.1, 0.15) is 44.4 Å². The van der Waals surface area contributed by atoms with Gasteiger partial charge in [-0.25, -0.2) is 19.9 Å². The third-order valence-corrected chi connectivity index (χ3v) is 11.5. The zero-order valence-electron chi connectivity index (χ0n) is 31.9. The summed E-state index contributed by atoms with van der Waals surface area (Å²) in [6.45, 7) is 19.4. The summed E-state index contributed by atoms with van der Waals surface area (Å²) in [6, 6.07) is -2.07. The molecule has 280 valence electrons. The molecule has 4 N–H and O–H groups in total. The zero-order valence-corrected chi connectivity index (χ0v) is 33.5. The topological polar surface area (TPSA) is 178 Å². The molecule has 4 amide bonds. The number of carbonyl (C=O) groups excluding carboxylic acids is 4. The molecule has 0 aliphatic carbocycles. The second kappa shape index (κ2) is 15.3. The van der Waals surface area contributed by atoms with Crippen LogP contribution in [0, 0.1) is 37.5 Å². The smallest absolute Gasteiger partial charge is 0.272 e. The van der Waals surface area contributed by atoms with Gasteiger partial charge in [-0.15, -0.1) is 22.7 Å². The molecule has 0 radical (unpaired) electrons. The largest absolute Gasteiger partial charge is 0.341 e.